The number of anilines is 2. The van der Waals surface area contributed by atoms with Gasteiger partial charge >= 0.3 is 0 Å². The summed E-state index contributed by atoms with van der Waals surface area (Å²) in [4.78, 5) is 11.4. The average molecular weight is 386 g/mol. The number of nitrogens with zero attached hydrogens (tertiary/aromatic N) is 2. The van der Waals surface area contributed by atoms with Crippen molar-refractivity contribution in [3.8, 4) is 5.75 Å². The Kier molecular flexibility index (Phi) is 4.59. The van der Waals surface area contributed by atoms with Crippen LogP contribution >= 0.6 is 11.6 Å². The van der Waals surface area contributed by atoms with Crippen LogP contribution in [-0.2, 0) is 0 Å². The molecule has 1 saturated heterocycles. The molecule has 7 N–H and O–H groups in total. The lowest BCUT2D eigenvalue weighted by atomic mass is 10.0. The number of rotatable bonds is 4. The van der Waals surface area contributed by atoms with Gasteiger partial charge in [-0.15, -0.1) is 0 Å². The van der Waals surface area contributed by atoms with Crippen LogP contribution in [0.25, 0.3) is 10.9 Å². The van der Waals surface area contributed by atoms with Crippen LogP contribution in [0.3, 0.4) is 0 Å². The number of phenols is 1. The number of phenolic OH excluding ortho intramolecular Hbond substituents is 1. The van der Waals surface area contributed by atoms with Crippen molar-refractivity contribution in [3.63, 3.8) is 0 Å². The van der Waals surface area contributed by atoms with E-state index >= 15 is 0 Å². The highest BCUT2D eigenvalue weighted by atomic mass is 35.5. The van der Waals surface area contributed by atoms with Gasteiger partial charge in [0.15, 0.2) is 0 Å². The zero-order valence-corrected chi connectivity index (χ0v) is 15.3. The Morgan fingerprint density at radius 1 is 1.30 bits per heavy atom. The first-order chi connectivity index (χ1) is 13.0. The predicted octanol–water partition coefficient (Wildman–Crippen LogP) is 2.48. The summed E-state index contributed by atoms with van der Waals surface area (Å²) in [6, 6.07) is 5.11. The smallest absolute Gasteiger partial charge is 0.141 e. The molecule has 9 heteroatoms. The van der Waals surface area contributed by atoms with E-state index in [-0.39, 0.29) is 23.3 Å². The summed E-state index contributed by atoms with van der Waals surface area (Å²) < 4.78 is 0. The van der Waals surface area contributed by atoms with E-state index in [0.29, 0.717) is 33.0 Å². The second kappa shape index (κ2) is 7.05. The number of nitrogens with one attached hydrogen (secondary N) is 4. The number of aromatic hydroxyl groups is 1. The zero-order chi connectivity index (χ0) is 19.0. The van der Waals surface area contributed by atoms with Crippen molar-refractivity contribution in [1.29, 1.82) is 5.41 Å². The van der Waals surface area contributed by atoms with Crippen LogP contribution in [0, 0.1) is 5.41 Å². The van der Waals surface area contributed by atoms with Crippen LogP contribution < -0.4 is 16.4 Å². The van der Waals surface area contributed by atoms with Crippen LogP contribution in [0.15, 0.2) is 24.5 Å². The number of hydrogen-bond donors (Lipinski definition) is 6. The molecule has 0 saturated carbocycles. The molecule has 1 aliphatic rings. The Bertz CT molecular complexity index is 971. The predicted molar refractivity (Wildman–Crippen MR) is 107 cm³/mol. The summed E-state index contributed by atoms with van der Waals surface area (Å²) in [6.07, 6.45) is 3.32. The van der Waals surface area contributed by atoms with Crippen LogP contribution in [-0.4, -0.2) is 44.9 Å². The van der Waals surface area contributed by atoms with Crippen LogP contribution in [0.2, 0.25) is 5.02 Å². The molecule has 1 fully saturated rings. The van der Waals surface area contributed by atoms with Gasteiger partial charge in [-0.05, 0) is 44.1 Å². The van der Waals surface area contributed by atoms with E-state index in [0.717, 1.165) is 25.9 Å². The third-order valence-corrected chi connectivity index (χ3v) is 5.12. The van der Waals surface area contributed by atoms with Crippen LogP contribution in [0.1, 0.15) is 24.1 Å². The summed E-state index contributed by atoms with van der Waals surface area (Å²) in [5.74, 6) is 0.826. The van der Waals surface area contributed by atoms with Crippen molar-refractivity contribution in [1.82, 2.24) is 20.3 Å². The van der Waals surface area contributed by atoms with Gasteiger partial charge in [0.05, 0.1) is 27.5 Å². The Morgan fingerprint density at radius 3 is 2.81 bits per heavy atom. The first kappa shape index (κ1) is 17.6. The molecule has 0 unspecified atom stereocenters. The molecule has 0 bridgehead atoms. The van der Waals surface area contributed by atoms with Crippen molar-refractivity contribution in [2.75, 3.05) is 24.1 Å². The number of nitrogen functional groups attached to an aromatic ring is 1. The number of nitrogens with two attached hydrogens (primary N) is 1. The summed E-state index contributed by atoms with van der Waals surface area (Å²) in [5, 5.41) is 26.6. The Balaban J connectivity index is 1.73. The zero-order valence-electron chi connectivity index (χ0n) is 14.5. The summed E-state index contributed by atoms with van der Waals surface area (Å²) in [7, 11) is 0. The van der Waals surface area contributed by atoms with Gasteiger partial charge in [-0.3, -0.25) is 5.41 Å². The second-order valence-electron chi connectivity index (χ2n) is 6.56. The van der Waals surface area contributed by atoms with E-state index in [1.54, 1.807) is 12.1 Å². The monoisotopic (exact) mass is 385 g/mol. The first-order valence-electron chi connectivity index (χ1n) is 8.72. The molecular weight excluding hydrogens is 366 g/mol. The minimum atomic E-state index is 0.0683. The molecule has 3 heterocycles. The number of fused-ring (bicyclic) bond motifs is 1. The first-order valence-corrected chi connectivity index (χ1v) is 9.09. The highest BCUT2D eigenvalue weighted by molar-refractivity contribution is 6.36. The molecule has 4 rings (SSSR count). The SMILES string of the molecule is N=C(c1cc2c(Cl)ccc(O)c2[nH]1)c1c(N)ncnc1NC1CCNCC1. The van der Waals surface area contributed by atoms with E-state index in [1.807, 2.05) is 0 Å². The average Bonchev–Trinajstić information content (AvgIpc) is 3.12. The lowest BCUT2D eigenvalue weighted by Gasteiger charge is -2.25. The molecule has 0 amide bonds. The number of benzene rings is 1. The number of hydrogen-bond acceptors (Lipinski definition) is 7. The number of piperidine rings is 1. The summed E-state index contributed by atoms with van der Waals surface area (Å²) in [5.41, 5.74) is 7.60. The summed E-state index contributed by atoms with van der Waals surface area (Å²) in [6.45, 7) is 1.87. The van der Waals surface area contributed by atoms with Gasteiger partial charge in [-0.25, -0.2) is 9.97 Å². The molecule has 0 aliphatic carbocycles. The van der Waals surface area contributed by atoms with Crippen molar-refractivity contribution >= 4 is 39.9 Å². The Labute approximate surface area is 160 Å². The normalized spacial score (nSPS) is 15.1. The van der Waals surface area contributed by atoms with E-state index in [1.165, 1.54) is 12.4 Å². The van der Waals surface area contributed by atoms with Crippen molar-refractivity contribution in [2.45, 2.75) is 18.9 Å². The van der Waals surface area contributed by atoms with Crippen molar-refractivity contribution in [2.24, 2.45) is 0 Å². The number of aromatic nitrogens is 3. The van der Waals surface area contributed by atoms with Crippen molar-refractivity contribution < 1.29 is 5.11 Å². The Hall–Kier alpha value is -2.84. The van der Waals surface area contributed by atoms with E-state index < -0.39 is 0 Å². The molecular formula is C18H20ClN7O. The molecule has 1 aromatic carbocycles. The third-order valence-electron chi connectivity index (χ3n) is 4.79. The van der Waals surface area contributed by atoms with Crippen molar-refractivity contribution in [3.05, 3.63) is 40.8 Å². The molecule has 8 nitrogen and oxygen atoms in total. The molecule has 0 radical (unpaired) electrons. The van der Waals surface area contributed by atoms with E-state index in [2.05, 4.69) is 25.6 Å². The fourth-order valence-corrected chi connectivity index (χ4v) is 3.57. The molecule has 0 spiro atoms. The number of H-pyrrole nitrogens is 1. The minimum Gasteiger partial charge on any atom is -0.506 e. The third kappa shape index (κ3) is 3.29. The van der Waals surface area contributed by atoms with Gasteiger partial charge in [0, 0.05) is 11.4 Å². The molecule has 27 heavy (non-hydrogen) atoms. The maximum absolute atomic E-state index is 10.1. The molecule has 2 aromatic heterocycles. The van der Waals surface area contributed by atoms with Crippen LogP contribution in [0.4, 0.5) is 11.6 Å². The molecule has 3 aromatic rings. The largest absolute Gasteiger partial charge is 0.506 e. The fourth-order valence-electron chi connectivity index (χ4n) is 3.35. The summed E-state index contributed by atoms with van der Waals surface area (Å²) >= 11 is 6.22. The van der Waals surface area contributed by atoms with Gasteiger partial charge in [0.2, 0.25) is 0 Å². The maximum atomic E-state index is 10.1. The Morgan fingerprint density at radius 2 is 2.07 bits per heavy atom. The van der Waals surface area contributed by atoms with Crippen LogP contribution in [0.5, 0.6) is 5.75 Å². The molecule has 1 aliphatic heterocycles. The minimum absolute atomic E-state index is 0.0683. The molecule has 0 atom stereocenters. The van der Waals surface area contributed by atoms with Gasteiger partial charge in [-0.2, -0.15) is 0 Å². The van der Waals surface area contributed by atoms with E-state index in [9.17, 15) is 5.11 Å². The van der Waals surface area contributed by atoms with Gasteiger partial charge in [0.25, 0.3) is 0 Å². The lowest BCUT2D eigenvalue weighted by Crippen LogP contribution is -2.36. The van der Waals surface area contributed by atoms with Gasteiger partial charge in [0.1, 0.15) is 23.7 Å². The number of halogens is 1. The maximum Gasteiger partial charge on any atom is 0.141 e. The highest BCUT2D eigenvalue weighted by Crippen LogP contribution is 2.32. The van der Waals surface area contributed by atoms with E-state index in [4.69, 9.17) is 22.7 Å². The highest BCUT2D eigenvalue weighted by Gasteiger charge is 2.22. The molecule has 140 valence electrons. The van der Waals surface area contributed by atoms with Gasteiger partial charge in [-0.1, -0.05) is 11.6 Å². The number of aromatic amines is 1. The lowest BCUT2D eigenvalue weighted by molar-refractivity contribution is 0.478. The van der Waals surface area contributed by atoms with Gasteiger partial charge < -0.3 is 26.5 Å². The standard InChI is InChI=1S/C18H20ClN7O/c19-11-1-2-13(27)16-10(11)7-12(26-16)15(20)14-17(21)23-8-24-18(14)25-9-3-5-22-6-4-9/h1-2,7-9,20,22,26-27H,3-6H2,(H3,21,23,24,25). The topological polar surface area (TPSA) is 136 Å². The fraction of sp³-hybridized carbons (Fsp3) is 0.278. The quantitative estimate of drug-likeness (QED) is 0.382. The second-order valence-corrected chi connectivity index (χ2v) is 6.97.